The van der Waals surface area contributed by atoms with Gasteiger partial charge in [0.1, 0.15) is 22.3 Å². The first kappa shape index (κ1) is 29.1. The third-order valence-corrected chi connectivity index (χ3v) is 9.89. The fraction of sp³-hybridized carbons (Fsp3) is 0. The van der Waals surface area contributed by atoms with Crippen molar-refractivity contribution in [3.63, 3.8) is 0 Å². The van der Waals surface area contributed by atoms with Crippen molar-refractivity contribution in [3.8, 4) is 33.4 Å². The number of nitrogens with zero attached hydrogens (tertiary/aromatic N) is 1. The van der Waals surface area contributed by atoms with E-state index >= 15 is 0 Å². The van der Waals surface area contributed by atoms with Crippen LogP contribution in [0.4, 0.5) is 17.1 Å². The van der Waals surface area contributed by atoms with Crippen LogP contribution in [0.1, 0.15) is 0 Å². The van der Waals surface area contributed by atoms with Gasteiger partial charge in [0.2, 0.25) is 0 Å². The highest BCUT2D eigenvalue weighted by Crippen LogP contribution is 2.44. The van der Waals surface area contributed by atoms with Gasteiger partial charge in [0, 0.05) is 27.5 Å². The lowest BCUT2D eigenvalue weighted by Crippen LogP contribution is -2.10. The number of hydrogen-bond donors (Lipinski definition) is 0. The van der Waals surface area contributed by atoms with Crippen LogP contribution < -0.4 is 4.90 Å². The van der Waals surface area contributed by atoms with Crippen molar-refractivity contribution >= 4 is 60.9 Å². The van der Waals surface area contributed by atoms with Gasteiger partial charge >= 0.3 is 0 Å². The third-order valence-electron chi connectivity index (χ3n) is 9.89. The molecule has 0 radical (unpaired) electrons. The molecule has 0 saturated carbocycles. The molecule has 0 bridgehead atoms. The van der Waals surface area contributed by atoms with E-state index in [0.717, 1.165) is 77.6 Å². The van der Waals surface area contributed by atoms with E-state index < -0.39 is 0 Å². The second kappa shape index (κ2) is 11.9. The smallest absolute Gasteiger partial charge is 0.137 e. The van der Waals surface area contributed by atoms with Crippen LogP contribution in [0.2, 0.25) is 0 Å². The fourth-order valence-electron chi connectivity index (χ4n) is 7.39. The molecule has 240 valence electrons. The van der Waals surface area contributed by atoms with Gasteiger partial charge in [-0.1, -0.05) is 127 Å². The lowest BCUT2D eigenvalue weighted by atomic mass is 9.99. The Morgan fingerprint density at radius 3 is 1.59 bits per heavy atom. The van der Waals surface area contributed by atoms with E-state index in [2.05, 4.69) is 169 Å². The molecule has 0 saturated heterocycles. The molecule has 0 unspecified atom stereocenters. The van der Waals surface area contributed by atoms with Gasteiger partial charge in [-0.2, -0.15) is 0 Å². The third kappa shape index (κ3) is 5.06. The number of para-hydroxylation sites is 2. The molecule has 8 aromatic carbocycles. The van der Waals surface area contributed by atoms with E-state index in [9.17, 15) is 0 Å². The van der Waals surface area contributed by atoms with Gasteiger partial charge in [0.05, 0.1) is 11.1 Å². The van der Waals surface area contributed by atoms with E-state index in [-0.39, 0.29) is 0 Å². The van der Waals surface area contributed by atoms with Gasteiger partial charge in [-0.3, -0.25) is 0 Å². The Labute approximate surface area is 295 Å². The summed E-state index contributed by atoms with van der Waals surface area (Å²) in [7, 11) is 0. The summed E-state index contributed by atoms with van der Waals surface area (Å²) in [4.78, 5) is 2.35. The molecule has 0 aliphatic rings. The Morgan fingerprint density at radius 2 is 0.804 bits per heavy atom. The molecule has 0 fully saturated rings. The second-order valence-electron chi connectivity index (χ2n) is 12.9. The molecule has 10 rings (SSSR count). The zero-order valence-electron chi connectivity index (χ0n) is 27.7. The SMILES string of the molecule is c1ccc(-c2ccc(-c3cccc(N(c4ccc(-c5ccc6oc7ccccc7c6c5)cc4)c4cccc5oc6ccccc6c45)c3)cc2)cc1. The molecule has 2 aromatic heterocycles. The van der Waals surface area contributed by atoms with Gasteiger partial charge in [0.15, 0.2) is 0 Å². The van der Waals surface area contributed by atoms with Crippen LogP contribution in [-0.2, 0) is 0 Å². The van der Waals surface area contributed by atoms with Crippen molar-refractivity contribution < 1.29 is 8.83 Å². The van der Waals surface area contributed by atoms with E-state index in [1.54, 1.807) is 0 Å². The summed E-state index contributed by atoms with van der Waals surface area (Å²) in [5, 5.41) is 4.44. The summed E-state index contributed by atoms with van der Waals surface area (Å²) < 4.78 is 12.5. The highest BCUT2D eigenvalue weighted by atomic mass is 16.3. The summed E-state index contributed by atoms with van der Waals surface area (Å²) >= 11 is 0. The van der Waals surface area contributed by atoms with E-state index in [1.807, 2.05) is 24.3 Å². The number of rotatable bonds is 6. The molecule has 3 nitrogen and oxygen atoms in total. The molecule has 10 aromatic rings. The van der Waals surface area contributed by atoms with Crippen molar-refractivity contribution in [2.75, 3.05) is 4.90 Å². The maximum Gasteiger partial charge on any atom is 0.137 e. The molecule has 2 heterocycles. The number of anilines is 3. The summed E-state index contributed by atoms with van der Waals surface area (Å²) in [6.45, 7) is 0. The van der Waals surface area contributed by atoms with Gasteiger partial charge in [0.25, 0.3) is 0 Å². The topological polar surface area (TPSA) is 29.5 Å². The fourth-order valence-corrected chi connectivity index (χ4v) is 7.39. The maximum absolute atomic E-state index is 6.36. The predicted octanol–water partition coefficient (Wildman–Crippen LogP) is 14.0. The highest BCUT2D eigenvalue weighted by molar-refractivity contribution is 6.13. The van der Waals surface area contributed by atoms with E-state index in [1.165, 1.54) is 16.7 Å². The van der Waals surface area contributed by atoms with Crippen molar-refractivity contribution in [2.24, 2.45) is 0 Å². The summed E-state index contributed by atoms with van der Waals surface area (Å²) in [6, 6.07) is 66.3. The van der Waals surface area contributed by atoms with Crippen LogP contribution in [0.3, 0.4) is 0 Å². The van der Waals surface area contributed by atoms with Crippen LogP contribution in [-0.4, -0.2) is 0 Å². The Bertz CT molecular complexity index is 2840. The molecule has 51 heavy (non-hydrogen) atoms. The predicted molar refractivity (Wildman–Crippen MR) is 212 cm³/mol. The Hall–Kier alpha value is -6.84. The Balaban J connectivity index is 1.09. The van der Waals surface area contributed by atoms with E-state index in [4.69, 9.17) is 8.83 Å². The quantitative estimate of drug-likeness (QED) is 0.179. The van der Waals surface area contributed by atoms with Crippen molar-refractivity contribution in [2.45, 2.75) is 0 Å². The first-order valence-electron chi connectivity index (χ1n) is 17.2. The van der Waals surface area contributed by atoms with Gasteiger partial charge < -0.3 is 13.7 Å². The molecule has 0 aliphatic heterocycles. The van der Waals surface area contributed by atoms with Gasteiger partial charge in [-0.15, -0.1) is 0 Å². The van der Waals surface area contributed by atoms with Gasteiger partial charge in [-0.05, 0) is 94.0 Å². The van der Waals surface area contributed by atoms with Crippen LogP contribution >= 0.6 is 0 Å². The zero-order chi connectivity index (χ0) is 33.7. The van der Waals surface area contributed by atoms with Crippen LogP contribution in [0.25, 0.3) is 77.3 Å². The van der Waals surface area contributed by atoms with E-state index in [0.29, 0.717) is 0 Å². The van der Waals surface area contributed by atoms with Crippen LogP contribution in [0.5, 0.6) is 0 Å². The standard InChI is InChI=1S/C48H31NO2/c1-2-10-32(11-3-1)33-20-22-34(23-21-33)36-12-8-13-39(30-36)49(43-16-9-19-47-48(43)41-15-5-7-18-45(41)51-47)38-27-24-35(25-28-38)37-26-29-46-42(31-37)40-14-4-6-17-44(40)50-46/h1-31H. The Morgan fingerprint density at radius 1 is 0.294 bits per heavy atom. The minimum Gasteiger partial charge on any atom is -0.456 e. The molecule has 0 N–H and O–H groups in total. The number of benzene rings is 8. The number of furan rings is 2. The summed E-state index contributed by atoms with van der Waals surface area (Å²) in [5.74, 6) is 0. The Kier molecular flexibility index (Phi) is 6.81. The van der Waals surface area contributed by atoms with Crippen LogP contribution in [0.15, 0.2) is 197 Å². The monoisotopic (exact) mass is 653 g/mol. The van der Waals surface area contributed by atoms with Crippen LogP contribution in [0, 0.1) is 0 Å². The number of fused-ring (bicyclic) bond motifs is 6. The zero-order valence-corrected chi connectivity index (χ0v) is 27.7. The van der Waals surface area contributed by atoms with Crippen molar-refractivity contribution in [1.29, 1.82) is 0 Å². The normalized spacial score (nSPS) is 11.5. The minimum absolute atomic E-state index is 0.864. The molecule has 0 amide bonds. The summed E-state index contributed by atoms with van der Waals surface area (Å²) in [6.07, 6.45) is 0. The highest BCUT2D eigenvalue weighted by Gasteiger charge is 2.20. The minimum atomic E-state index is 0.864. The summed E-state index contributed by atoms with van der Waals surface area (Å²) in [5.41, 5.74) is 13.8. The van der Waals surface area contributed by atoms with Crippen molar-refractivity contribution in [3.05, 3.63) is 188 Å². The number of hydrogen-bond acceptors (Lipinski definition) is 3. The average Bonchev–Trinajstić information content (AvgIpc) is 3.77. The average molecular weight is 654 g/mol. The molecule has 0 spiro atoms. The molecule has 3 heteroatoms. The first-order chi connectivity index (χ1) is 25.3. The molecule has 0 atom stereocenters. The molecular formula is C48H31NO2. The molecule has 0 aliphatic carbocycles. The van der Waals surface area contributed by atoms with Gasteiger partial charge in [-0.25, -0.2) is 0 Å². The maximum atomic E-state index is 6.36. The lowest BCUT2D eigenvalue weighted by Gasteiger charge is -2.27. The second-order valence-corrected chi connectivity index (χ2v) is 12.9. The van der Waals surface area contributed by atoms with Crippen molar-refractivity contribution in [1.82, 2.24) is 0 Å². The largest absolute Gasteiger partial charge is 0.456 e. The first-order valence-corrected chi connectivity index (χ1v) is 17.2. The molecular weight excluding hydrogens is 623 g/mol. The lowest BCUT2D eigenvalue weighted by molar-refractivity contribution is 0.668.